The number of rotatable bonds is 4. The van der Waals surface area contributed by atoms with E-state index in [1.165, 1.54) is 12.4 Å². The van der Waals surface area contributed by atoms with Crippen molar-refractivity contribution in [1.82, 2.24) is 25.2 Å². The Morgan fingerprint density at radius 3 is 2.85 bits per heavy atom. The van der Waals surface area contributed by atoms with Gasteiger partial charge in [0.25, 0.3) is 0 Å². The second kappa shape index (κ2) is 7.31. The molecule has 3 heterocycles. The molecule has 1 saturated heterocycles. The lowest BCUT2D eigenvalue weighted by Gasteiger charge is -2.39. The van der Waals surface area contributed by atoms with Gasteiger partial charge in [0.05, 0.1) is 30.1 Å². The maximum atomic E-state index is 13.1. The molecule has 1 aromatic carbocycles. The topological polar surface area (TPSA) is 66.0 Å². The molecule has 2 N–H and O–H groups in total. The molecule has 2 unspecified atom stereocenters. The molecule has 0 amide bonds. The van der Waals surface area contributed by atoms with Crippen LogP contribution < -0.4 is 10.6 Å². The van der Waals surface area contributed by atoms with E-state index in [2.05, 4.69) is 43.5 Å². The molecule has 6 nitrogen and oxygen atoms in total. The Bertz CT molecular complexity index is 885. The van der Waals surface area contributed by atoms with E-state index < -0.39 is 5.82 Å². The zero-order valence-electron chi connectivity index (χ0n) is 14.6. The van der Waals surface area contributed by atoms with Crippen LogP contribution in [0.3, 0.4) is 0 Å². The Balaban J connectivity index is 1.54. The highest BCUT2D eigenvalue weighted by molar-refractivity contribution is 5.80. The monoisotopic (exact) mass is 352 g/mol. The molecule has 7 heteroatoms. The molecule has 134 valence electrons. The van der Waals surface area contributed by atoms with Gasteiger partial charge in [-0.2, -0.15) is 0 Å². The highest BCUT2D eigenvalue weighted by Crippen LogP contribution is 2.23. The number of nitrogens with one attached hydrogen (secondary N) is 2. The first-order valence-corrected chi connectivity index (χ1v) is 8.77. The van der Waals surface area contributed by atoms with Gasteiger partial charge >= 0.3 is 0 Å². The van der Waals surface area contributed by atoms with Crippen molar-refractivity contribution in [3.63, 3.8) is 0 Å². The minimum absolute atomic E-state index is 0.0210. The first-order chi connectivity index (χ1) is 12.7. The highest BCUT2D eigenvalue weighted by Gasteiger charge is 2.29. The fraction of sp³-hybridized carbons (Fsp3) is 0.316. The molecule has 0 aliphatic carbocycles. The number of aromatic nitrogens is 3. The number of para-hydroxylation sites is 1. The van der Waals surface area contributed by atoms with Crippen molar-refractivity contribution in [2.75, 3.05) is 25.0 Å². The maximum absolute atomic E-state index is 13.1. The number of halogens is 1. The van der Waals surface area contributed by atoms with Gasteiger partial charge in [0, 0.05) is 25.0 Å². The van der Waals surface area contributed by atoms with Crippen LogP contribution in [0.4, 0.5) is 10.2 Å². The third-order valence-corrected chi connectivity index (χ3v) is 4.68. The van der Waals surface area contributed by atoms with Crippen LogP contribution in [0.5, 0.6) is 0 Å². The molecule has 1 aliphatic rings. The van der Waals surface area contributed by atoms with Crippen LogP contribution >= 0.6 is 0 Å². The van der Waals surface area contributed by atoms with Crippen molar-refractivity contribution < 1.29 is 4.39 Å². The Hall–Kier alpha value is -2.64. The second-order valence-electron chi connectivity index (χ2n) is 6.43. The van der Waals surface area contributed by atoms with Crippen LogP contribution in [-0.2, 0) is 0 Å². The zero-order chi connectivity index (χ0) is 17.9. The summed E-state index contributed by atoms with van der Waals surface area (Å²) in [5.41, 5.74) is 0.962. The molecule has 0 spiro atoms. The minimum Gasteiger partial charge on any atom is -0.355 e. The predicted octanol–water partition coefficient (Wildman–Crippen LogP) is 2.57. The van der Waals surface area contributed by atoms with Crippen molar-refractivity contribution in [2.24, 2.45) is 0 Å². The molecule has 2 atom stereocenters. The molecule has 2 aromatic heterocycles. The van der Waals surface area contributed by atoms with Gasteiger partial charge in [-0.05, 0) is 25.1 Å². The molecular weight excluding hydrogens is 331 g/mol. The fourth-order valence-corrected chi connectivity index (χ4v) is 3.36. The zero-order valence-corrected chi connectivity index (χ0v) is 14.6. The van der Waals surface area contributed by atoms with Crippen molar-refractivity contribution in [3.8, 4) is 0 Å². The summed E-state index contributed by atoms with van der Waals surface area (Å²) in [5, 5.41) is 7.95. The third-order valence-electron chi connectivity index (χ3n) is 4.68. The van der Waals surface area contributed by atoms with Crippen LogP contribution in [0.2, 0.25) is 0 Å². The number of nitrogens with zero attached hydrogens (tertiary/aromatic N) is 4. The van der Waals surface area contributed by atoms with Gasteiger partial charge in [0.2, 0.25) is 0 Å². The average Bonchev–Trinajstić information content (AvgIpc) is 2.68. The van der Waals surface area contributed by atoms with E-state index >= 15 is 0 Å². The van der Waals surface area contributed by atoms with E-state index in [1.807, 2.05) is 30.3 Å². The van der Waals surface area contributed by atoms with Gasteiger partial charge in [0.1, 0.15) is 11.6 Å². The van der Waals surface area contributed by atoms with Crippen LogP contribution in [0.25, 0.3) is 10.9 Å². The summed E-state index contributed by atoms with van der Waals surface area (Å²) in [6.45, 7) is 4.55. The lowest BCUT2D eigenvalue weighted by molar-refractivity contribution is 0.122. The summed E-state index contributed by atoms with van der Waals surface area (Å²) in [7, 11) is 0. The molecule has 0 saturated carbocycles. The maximum Gasteiger partial charge on any atom is 0.159 e. The molecule has 1 fully saturated rings. The lowest BCUT2D eigenvalue weighted by Crippen LogP contribution is -2.52. The summed E-state index contributed by atoms with van der Waals surface area (Å²) in [5.74, 6) is 1.03. The molecule has 26 heavy (non-hydrogen) atoms. The molecule has 0 bridgehead atoms. The number of piperazine rings is 1. The number of anilines is 1. The Kier molecular flexibility index (Phi) is 4.73. The molecule has 3 aromatic rings. The summed E-state index contributed by atoms with van der Waals surface area (Å²) in [6.07, 6.45) is 2.47. The highest BCUT2D eigenvalue weighted by atomic mass is 19.1. The predicted molar refractivity (Wildman–Crippen MR) is 99.1 cm³/mol. The molecular formula is C19H21FN6. The van der Waals surface area contributed by atoms with E-state index in [0.29, 0.717) is 5.82 Å². The van der Waals surface area contributed by atoms with Crippen molar-refractivity contribution in [3.05, 3.63) is 60.4 Å². The summed E-state index contributed by atoms with van der Waals surface area (Å²) >= 11 is 0. The van der Waals surface area contributed by atoms with E-state index in [9.17, 15) is 4.39 Å². The third kappa shape index (κ3) is 3.49. The van der Waals surface area contributed by atoms with Gasteiger partial charge in [-0.25, -0.2) is 19.3 Å². The minimum atomic E-state index is -0.421. The van der Waals surface area contributed by atoms with Crippen LogP contribution in [0.1, 0.15) is 18.8 Å². The number of hydrogen-bond acceptors (Lipinski definition) is 6. The Morgan fingerprint density at radius 1 is 1.19 bits per heavy atom. The fourth-order valence-electron chi connectivity index (χ4n) is 3.36. The van der Waals surface area contributed by atoms with Gasteiger partial charge in [-0.3, -0.25) is 4.90 Å². The smallest absolute Gasteiger partial charge is 0.159 e. The van der Waals surface area contributed by atoms with E-state index in [1.54, 1.807) is 0 Å². The van der Waals surface area contributed by atoms with E-state index in [4.69, 9.17) is 0 Å². The second-order valence-corrected chi connectivity index (χ2v) is 6.43. The quantitative estimate of drug-likeness (QED) is 0.752. The molecule has 0 radical (unpaired) electrons. The van der Waals surface area contributed by atoms with Crippen molar-refractivity contribution >= 4 is 16.7 Å². The average molecular weight is 352 g/mol. The lowest BCUT2D eigenvalue weighted by atomic mass is 10.1. The first kappa shape index (κ1) is 16.8. The van der Waals surface area contributed by atoms with Crippen LogP contribution in [-0.4, -0.2) is 45.7 Å². The van der Waals surface area contributed by atoms with E-state index in [-0.39, 0.29) is 12.2 Å². The SMILES string of the molecule is CC(Nc1ccc2ccccc2n1)N1CCNCC1c1ncc(F)cn1. The van der Waals surface area contributed by atoms with Gasteiger partial charge in [0.15, 0.2) is 5.82 Å². The van der Waals surface area contributed by atoms with E-state index in [0.717, 1.165) is 36.4 Å². The van der Waals surface area contributed by atoms with Gasteiger partial charge in [-0.15, -0.1) is 0 Å². The Morgan fingerprint density at radius 2 is 2.00 bits per heavy atom. The summed E-state index contributed by atoms with van der Waals surface area (Å²) in [6, 6.07) is 12.1. The molecule has 4 rings (SSSR count). The van der Waals surface area contributed by atoms with Gasteiger partial charge < -0.3 is 10.6 Å². The largest absolute Gasteiger partial charge is 0.355 e. The van der Waals surface area contributed by atoms with Crippen LogP contribution in [0, 0.1) is 5.82 Å². The van der Waals surface area contributed by atoms with Crippen molar-refractivity contribution in [1.29, 1.82) is 0 Å². The number of hydrogen-bond donors (Lipinski definition) is 2. The van der Waals surface area contributed by atoms with Crippen LogP contribution in [0.15, 0.2) is 48.8 Å². The Labute approximate surface area is 151 Å². The number of pyridine rings is 1. The first-order valence-electron chi connectivity index (χ1n) is 8.77. The summed E-state index contributed by atoms with van der Waals surface area (Å²) < 4.78 is 13.1. The number of fused-ring (bicyclic) bond motifs is 1. The number of benzene rings is 1. The normalized spacial score (nSPS) is 19.4. The standard InChI is InChI=1S/C19H21FN6/c1-13(24-18-7-6-14-4-2-3-5-16(14)25-18)26-9-8-21-12-17(26)19-22-10-15(20)11-23-19/h2-7,10-11,13,17,21H,8-9,12H2,1H3,(H,24,25). The van der Waals surface area contributed by atoms with Gasteiger partial charge in [-0.1, -0.05) is 18.2 Å². The molecule has 1 aliphatic heterocycles. The van der Waals surface area contributed by atoms with Crippen molar-refractivity contribution in [2.45, 2.75) is 19.1 Å². The summed E-state index contributed by atoms with van der Waals surface area (Å²) in [4.78, 5) is 15.3.